The summed E-state index contributed by atoms with van der Waals surface area (Å²) < 4.78 is 0. The molecule has 1 saturated heterocycles. The van der Waals surface area contributed by atoms with E-state index in [2.05, 4.69) is 44.8 Å². The van der Waals surface area contributed by atoms with Gasteiger partial charge in [-0.05, 0) is 43.1 Å². The molecule has 2 atom stereocenters. The summed E-state index contributed by atoms with van der Waals surface area (Å²) in [6.45, 7) is 16.8. The van der Waals surface area contributed by atoms with Gasteiger partial charge < -0.3 is 15.3 Å². The second-order valence-electron chi connectivity index (χ2n) is 7.30. The number of hydrogen-bond donors (Lipinski definition) is 2. The number of piperidine rings is 1. The van der Waals surface area contributed by atoms with Crippen LogP contribution in [0.2, 0.25) is 0 Å². The van der Waals surface area contributed by atoms with Crippen molar-refractivity contribution >= 4 is 0 Å². The van der Waals surface area contributed by atoms with Crippen molar-refractivity contribution < 1.29 is 5.11 Å². The maximum atomic E-state index is 9.87. The van der Waals surface area contributed by atoms with E-state index < -0.39 is 0 Å². The largest absolute Gasteiger partial charge is 0.393 e. The van der Waals surface area contributed by atoms with Gasteiger partial charge in [0.2, 0.25) is 0 Å². The van der Waals surface area contributed by atoms with Crippen LogP contribution in [0.5, 0.6) is 0 Å². The highest BCUT2D eigenvalue weighted by Gasteiger charge is 2.32. The standard InChI is InChI=1S/C17H36N2O/c1-6-17(7-2,12-18-10-14(3)4)13-19-9-8-16(20)15(5)11-19/h14-16,18,20H,6-13H2,1-5H3. The van der Waals surface area contributed by atoms with Crippen LogP contribution < -0.4 is 5.32 Å². The van der Waals surface area contributed by atoms with Crippen molar-refractivity contribution in [2.75, 3.05) is 32.7 Å². The van der Waals surface area contributed by atoms with E-state index in [0.29, 0.717) is 17.3 Å². The maximum Gasteiger partial charge on any atom is 0.0590 e. The first-order valence-electron chi connectivity index (χ1n) is 8.53. The fourth-order valence-electron chi connectivity index (χ4n) is 3.24. The van der Waals surface area contributed by atoms with Crippen LogP contribution in [0.4, 0.5) is 0 Å². The predicted octanol–water partition coefficient (Wildman–Crippen LogP) is 2.74. The molecular weight excluding hydrogens is 248 g/mol. The van der Waals surface area contributed by atoms with E-state index in [0.717, 1.165) is 32.6 Å². The van der Waals surface area contributed by atoms with Crippen LogP contribution in [0.1, 0.15) is 53.9 Å². The van der Waals surface area contributed by atoms with Gasteiger partial charge in [0.05, 0.1) is 6.10 Å². The highest BCUT2D eigenvalue weighted by molar-refractivity contribution is 4.86. The number of aliphatic hydroxyl groups is 1. The van der Waals surface area contributed by atoms with Crippen LogP contribution in [0.25, 0.3) is 0 Å². The quantitative estimate of drug-likeness (QED) is 0.719. The van der Waals surface area contributed by atoms with Crippen LogP contribution in [-0.2, 0) is 0 Å². The lowest BCUT2D eigenvalue weighted by Gasteiger charge is -2.42. The van der Waals surface area contributed by atoms with Crippen molar-refractivity contribution in [1.82, 2.24) is 10.2 Å². The lowest BCUT2D eigenvalue weighted by Crippen LogP contribution is -2.49. The first-order chi connectivity index (χ1) is 9.42. The lowest BCUT2D eigenvalue weighted by molar-refractivity contribution is 0.0142. The third-order valence-corrected chi connectivity index (χ3v) is 5.06. The average Bonchev–Trinajstić information content (AvgIpc) is 2.41. The van der Waals surface area contributed by atoms with Gasteiger partial charge in [0, 0.05) is 26.2 Å². The molecule has 1 aliphatic heterocycles. The Morgan fingerprint density at radius 2 is 1.95 bits per heavy atom. The van der Waals surface area contributed by atoms with Crippen molar-refractivity contribution in [1.29, 1.82) is 0 Å². The molecule has 0 aliphatic carbocycles. The summed E-state index contributed by atoms with van der Waals surface area (Å²) in [6.07, 6.45) is 3.29. The Bertz CT molecular complexity index is 264. The monoisotopic (exact) mass is 284 g/mol. The molecule has 1 rings (SSSR count). The van der Waals surface area contributed by atoms with Gasteiger partial charge >= 0.3 is 0 Å². The zero-order chi connectivity index (χ0) is 15.2. The van der Waals surface area contributed by atoms with E-state index in [-0.39, 0.29) is 6.10 Å². The third kappa shape index (κ3) is 5.34. The van der Waals surface area contributed by atoms with Gasteiger partial charge in [0.25, 0.3) is 0 Å². The summed E-state index contributed by atoms with van der Waals surface area (Å²) >= 11 is 0. The van der Waals surface area contributed by atoms with Crippen LogP contribution >= 0.6 is 0 Å². The molecule has 20 heavy (non-hydrogen) atoms. The van der Waals surface area contributed by atoms with Crippen LogP contribution in [-0.4, -0.2) is 48.8 Å². The molecule has 0 amide bonds. The zero-order valence-corrected chi connectivity index (χ0v) is 14.3. The maximum absolute atomic E-state index is 9.87. The molecule has 0 aromatic heterocycles. The van der Waals surface area contributed by atoms with Crippen molar-refractivity contribution in [2.45, 2.75) is 60.0 Å². The summed E-state index contributed by atoms with van der Waals surface area (Å²) in [7, 11) is 0. The molecule has 0 saturated carbocycles. The Kier molecular flexibility index (Phi) is 7.49. The smallest absolute Gasteiger partial charge is 0.0590 e. The third-order valence-electron chi connectivity index (χ3n) is 5.06. The number of rotatable bonds is 8. The molecule has 0 radical (unpaired) electrons. The normalized spacial score (nSPS) is 25.4. The van der Waals surface area contributed by atoms with E-state index in [1.54, 1.807) is 0 Å². The molecule has 3 heteroatoms. The van der Waals surface area contributed by atoms with Crippen LogP contribution in [0.15, 0.2) is 0 Å². The summed E-state index contributed by atoms with van der Waals surface area (Å²) in [6, 6.07) is 0. The summed E-state index contributed by atoms with van der Waals surface area (Å²) in [5.41, 5.74) is 0.386. The van der Waals surface area contributed by atoms with Gasteiger partial charge in [-0.3, -0.25) is 0 Å². The Morgan fingerprint density at radius 3 is 2.45 bits per heavy atom. The fraction of sp³-hybridized carbons (Fsp3) is 1.00. The molecule has 120 valence electrons. The minimum absolute atomic E-state index is 0.0945. The van der Waals surface area contributed by atoms with Gasteiger partial charge in [-0.25, -0.2) is 0 Å². The molecule has 3 nitrogen and oxygen atoms in total. The second-order valence-corrected chi connectivity index (χ2v) is 7.30. The second kappa shape index (κ2) is 8.35. The summed E-state index contributed by atoms with van der Waals surface area (Å²) in [4.78, 5) is 2.57. The zero-order valence-electron chi connectivity index (χ0n) is 14.3. The Balaban J connectivity index is 2.52. The molecule has 0 aromatic carbocycles. The number of aliphatic hydroxyl groups excluding tert-OH is 1. The molecule has 0 spiro atoms. The van der Waals surface area contributed by atoms with Gasteiger partial charge in [0.1, 0.15) is 0 Å². The number of nitrogens with zero attached hydrogens (tertiary/aromatic N) is 1. The topological polar surface area (TPSA) is 35.5 Å². The number of likely N-dealkylation sites (tertiary alicyclic amines) is 1. The molecule has 0 bridgehead atoms. The van der Waals surface area contributed by atoms with Crippen molar-refractivity contribution in [3.05, 3.63) is 0 Å². The lowest BCUT2D eigenvalue weighted by atomic mass is 9.80. The Morgan fingerprint density at radius 1 is 1.30 bits per heavy atom. The summed E-state index contributed by atoms with van der Waals surface area (Å²) in [5, 5.41) is 13.5. The van der Waals surface area contributed by atoms with Crippen molar-refractivity contribution in [3.8, 4) is 0 Å². The van der Waals surface area contributed by atoms with Gasteiger partial charge in [-0.2, -0.15) is 0 Å². The first kappa shape index (κ1) is 17.9. The van der Waals surface area contributed by atoms with Gasteiger partial charge in [-0.15, -0.1) is 0 Å². The molecule has 2 N–H and O–H groups in total. The highest BCUT2D eigenvalue weighted by atomic mass is 16.3. The van der Waals surface area contributed by atoms with Gasteiger partial charge in [-0.1, -0.05) is 34.6 Å². The molecular formula is C17H36N2O. The Hall–Kier alpha value is -0.120. The highest BCUT2D eigenvalue weighted by Crippen LogP contribution is 2.29. The molecule has 0 aromatic rings. The first-order valence-corrected chi connectivity index (χ1v) is 8.53. The fourth-order valence-corrected chi connectivity index (χ4v) is 3.24. The van der Waals surface area contributed by atoms with Gasteiger partial charge in [0.15, 0.2) is 0 Å². The molecule has 1 aliphatic rings. The van der Waals surface area contributed by atoms with E-state index >= 15 is 0 Å². The van der Waals surface area contributed by atoms with E-state index in [4.69, 9.17) is 0 Å². The van der Waals surface area contributed by atoms with Crippen LogP contribution in [0.3, 0.4) is 0 Å². The molecule has 1 heterocycles. The van der Waals surface area contributed by atoms with Crippen LogP contribution in [0, 0.1) is 17.3 Å². The van der Waals surface area contributed by atoms with E-state index in [1.165, 1.54) is 19.4 Å². The van der Waals surface area contributed by atoms with E-state index in [1.807, 2.05) is 0 Å². The Labute approximate surface area is 126 Å². The minimum atomic E-state index is -0.0945. The average molecular weight is 284 g/mol. The number of nitrogens with one attached hydrogen (secondary N) is 1. The minimum Gasteiger partial charge on any atom is -0.393 e. The molecule has 1 fully saturated rings. The predicted molar refractivity (Wildman–Crippen MR) is 87.0 cm³/mol. The summed E-state index contributed by atoms with van der Waals surface area (Å²) in [5.74, 6) is 1.13. The molecule has 2 unspecified atom stereocenters. The van der Waals surface area contributed by atoms with Crippen molar-refractivity contribution in [2.24, 2.45) is 17.3 Å². The SMILES string of the molecule is CCC(CC)(CNCC(C)C)CN1CCC(O)C(C)C1. The van der Waals surface area contributed by atoms with Crippen molar-refractivity contribution in [3.63, 3.8) is 0 Å². The number of hydrogen-bond acceptors (Lipinski definition) is 3. The van der Waals surface area contributed by atoms with E-state index in [9.17, 15) is 5.11 Å².